The number of hydrogen-bond donors (Lipinski definition) is 0. The van der Waals surface area contributed by atoms with Gasteiger partial charge in [-0.15, -0.1) is 0 Å². The van der Waals surface area contributed by atoms with Gasteiger partial charge in [-0.2, -0.15) is 0 Å². The van der Waals surface area contributed by atoms with E-state index in [0.29, 0.717) is 19.8 Å². The maximum atomic E-state index is 12.8. The second-order valence-electron chi connectivity index (χ2n) is 7.45. The van der Waals surface area contributed by atoms with E-state index in [9.17, 15) is 4.79 Å². The lowest BCUT2D eigenvalue weighted by Gasteiger charge is -2.29. The van der Waals surface area contributed by atoms with E-state index in [-0.39, 0.29) is 5.97 Å². The van der Waals surface area contributed by atoms with Crippen molar-refractivity contribution in [2.75, 3.05) is 39.5 Å². The van der Waals surface area contributed by atoms with Crippen molar-refractivity contribution >= 4 is 5.97 Å². The van der Waals surface area contributed by atoms with E-state index < -0.39 is 5.41 Å². The molecule has 160 valence electrons. The van der Waals surface area contributed by atoms with Gasteiger partial charge in [0.1, 0.15) is 6.61 Å². The predicted octanol–water partition coefficient (Wildman–Crippen LogP) is 5.21. The molecule has 0 aliphatic rings. The molecular formula is C24H41NO3. The largest absolute Gasteiger partial charge is 0.463 e. The average molecular weight is 392 g/mol. The summed E-state index contributed by atoms with van der Waals surface area (Å²) in [5.41, 5.74) is 0.478. The van der Waals surface area contributed by atoms with Gasteiger partial charge < -0.3 is 14.4 Å². The molecule has 1 aromatic rings. The first-order chi connectivity index (χ1) is 13.6. The van der Waals surface area contributed by atoms with Crippen molar-refractivity contribution in [3.8, 4) is 0 Å². The van der Waals surface area contributed by atoms with E-state index in [1.807, 2.05) is 30.3 Å². The number of benzene rings is 1. The topological polar surface area (TPSA) is 38.8 Å². The average Bonchev–Trinajstić information content (AvgIpc) is 2.74. The standard InChI is InChI=1S/C24H41NO3/c1-5-9-16-25(17-10-6-2)18-19-27-20-21-28-23(26)24(7-3,8-4)22-14-12-11-13-15-22/h11-15H,5-10,16-21H2,1-4H3. The number of hydrogen-bond acceptors (Lipinski definition) is 4. The van der Waals surface area contributed by atoms with Crippen LogP contribution in [0.3, 0.4) is 0 Å². The molecule has 0 bridgehead atoms. The zero-order chi connectivity index (χ0) is 20.7. The molecule has 0 aliphatic heterocycles. The predicted molar refractivity (Wildman–Crippen MR) is 117 cm³/mol. The van der Waals surface area contributed by atoms with E-state index in [0.717, 1.165) is 38.0 Å². The molecule has 0 N–H and O–H groups in total. The number of unbranched alkanes of at least 4 members (excludes halogenated alkanes) is 2. The van der Waals surface area contributed by atoms with Gasteiger partial charge in [0.25, 0.3) is 0 Å². The van der Waals surface area contributed by atoms with Gasteiger partial charge in [0, 0.05) is 6.54 Å². The van der Waals surface area contributed by atoms with Crippen LogP contribution < -0.4 is 0 Å². The molecule has 0 aliphatic carbocycles. The number of nitrogens with zero attached hydrogens (tertiary/aromatic N) is 1. The first-order valence-corrected chi connectivity index (χ1v) is 11.2. The second kappa shape index (κ2) is 14.6. The number of ether oxygens (including phenoxy) is 2. The van der Waals surface area contributed by atoms with Gasteiger partial charge in [-0.3, -0.25) is 4.79 Å². The van der Waals surface area contributed by atoms with Crippen LogP contribution in [0.5, 0.6) is 0 Å². The summed E-state index contributed by atoms with van der Waals surface area (Å²) < 4.78 is 11.3. The van der Waals surface area contributed by atoms with Crippen molar-refractivity contribution < 1.29 is 14.3 Å². The van der Waals surface area contributed by atoms with Gasteiger partial charge in [-0.1, -0.05) is 70.9 Å². The minimum Gasteiger partial charge on any atom is -0.463 e. The maximum Gasteiger partial charge on any atom is 0.316 e. The molecule has 0 heterocycles. The monoisotopic (exact) mass is 391 g/mol. The number of carbonyl (C=O) groups excluding carboxylic acids is 1. The Bertz CT molecular complexity index is 506. The highest BCUT2D eigenvalue weighted by Crippen LogP contribution is 2.33. The fourth-order valence-corrected chi connectivity index (χ4v) is 3.55. The van der Waals surface area contributed by atoms with Gasteiger partial charge in [0.15, 0.2) is 0 Å². The summed E-state index contributed by atoms with van der Waals surface area (Å²) in [4.78, 5) is 15.3. The highest BCUT2D eigenvalue weighted by atomic mass is 16.6. The van der Waals surface area contributed by atoms with E-state index in [2.05, 4.69) is 32.6 Å². The summed E-state index contributed by atoms with van der Waals surface area (Å²) in [6, 6.07) is 9.98. The molecule has 0 unspecified atom stereocenters. The van der Waals surface area contributed by atoms with E-state index in [1.54, 1.807) is 0 Å². The van der Waals surface area contributed by atoms with Crippen LogP contribution in [0, 0.1) is 0 Å². The lowest BCUT2D eigenvalue weighted by Crippen LogP contribution is -2.37. The summed E-state index contributed by atoms with van der Waals surface area (Å²) in [5, 5.41) is 0. The van der Waals surface area contributed by atoms with Crippen LogP contribution in [0.25, 0.3) is 0 Å². The Kier molecular flexibility index (Phi) is 12.8. The third kappa shape index (κ3) is 7.92. The SMILES string of the molecule is CCCCN(CCCC)CCOCCOC(=O)C(CC)(CC)c1ccccc1. The molecule has 0 saturated heterocycles. The molecule has 0 aromatic heterocycles. The molecule has 1 aromatic carbocycles. The van der Waals surface area contributed by atoms with Gasteiger partial charge in [0.05, 0.1) is 18.6 Å². The van der Waals surface area contributed by atoms with Crippen LogP contribution in [0.2, 0.25) is 0 Å². The van der Waals surface area contributed by atoms with E-state index in [1.165, 1.54) is 25.7 Å². The minimum absolute atomic E-state index is 0.139. The Morgan fingerprint density at radius 1 is 0.857 bits per heavy atom. The summed E-state index contributed by atoms with van der Waals surface area (Å²) >= 11 is 0. The maximum absolute atomic E-state index is 12.8. The molecule has 4 nitrogen and oxygen atoms in total. The summed E-state index contributed by atoms with van der Waals surface area (Å²) in [5.74, 6) is -0.139. The van der Waals surface area contributed by atoms with Crippen molar-refractivity contribution in [3.63, 3.8) is 0 Å². The van der Waals surface area contributed by atoms with Crippen LogP contribution in [0.1, 0.15) is 71.8 Å². The highest BCUT2D eigenvalue weighted by molar-refractivity contribution is 5.83. The summed E-state index contributed by atoms with van der Waals surface area (Å²) in [7, 11) is 0. The second-order valence-corrected chi connectivity index (χ2v) is 7.45. The Morgan fingerprint density at radius 2 is 1.46 bits per heavy atom. The molecule has 0 atom stereocenters. The fraction of sp³-hybridized carbons (Fsp3) is 0.708. The van der Waals surface area contributed by atoms with Gasteiger partial charge in [-0.25, -0.2) is 0 Å². The summed E-state index contributed by atoms with van der Waals surface area (Å²) in [6.07, 6.45) is 6.37. The Balaban J connectivity index is 2.38. The fourth-order valence-electron chi connectivity index (χ4n) is 3.55. The van der Waals surface area contributed by atoms with Gasteiger partial charge in [-0.05, 0) is 44.3 Å². The van der Waals surface area contributed by atoms with Crippen LogP contribution in [-0.4, -0.2) is 50.3 Å². The number of rotatable bonds is 16. The molecule has 0 spiro atoms. The van der Waals surface area contributed by atoms with E-state index >= 15 is 0 Å². The van der Waals surface area contributed by atoms with Gasteiger partial charge in [0.2, 0.25) is 0 Å². The smallest absolute Gasteiger partial charge is 0.316 e. The molecule has 28 heavy (non-hydrogen) atoms. The minimum atomic E-state index is -0.557. The third-order valence-corrected chi connectivity index (χ3v) is 5.59. The third-order valence-electron chi connectivity index (χ3n) is 5.59. The highest BCUT2D eigenvalue weighted by Gasteiger charge is 2.38. The molecule has 0 amide bonds. The molecule has 0 radical (unpaired) electrons. The van der Waals surface area contributed by atoms with Crippen molar-refractivity contribution in [1.29, 1.82) is 0 Å². The Morgan fingerprint density at radius 3 is 2.00 bits per heavy atom. The molecular weight excluding hydrogens is 350 g/mol. The zero-order valence-corrected chi connectivity index (χ0v) is 18.5. The van der Waals surface area contributed by atoms with Crippen molar-refractivity contribution in [1.82, 2.24) is 4.90 Å². The summed E-state index contributed by atoms with van der Waals surface area (Å²) in [6.45, 7) is 13.3. The lowest BCUT2D eigenvalue weighted by molar-refractivity contribution is -0.152. The van der Waals surface area contributed by atoms with Crippen molar-refractivity contribution in [2.24, 2.45) is 0 Å². The molecule has 1 rings (SSSR count). The quantitative estimate of drug-likeness (QED) is 0.286. The van der Waals surface area contributed by atoms with Crippen LogP contribution in [0.15, 0.2) is 30.3 Å². The van der Waals surface area contributed by atoms with Crippen LogP contribution >= 0.6 is 0 Å². The Hall–Kier alpha value is -1.39. The Labute approximate surface area is 172 Å². The zero-order valence-electron chi connectivity index (χ0n) is 18.5. The molecule has 0 fully saturated rings. The first kappa shape index (κ1) is 24.6. The van der Waals surface area contributed by atoms with Gasteiger partial charge >= 0.3 is 5.97 Å². The molecule has 0 saturated carbocycles. The first-order valence-electron chi connectivity index (χ1n) is 11.2. The number of carbonyl (C=O) groups is 1. The molecule has 4 heteroatoms. The number of esters is 1. The normalized spacial score (nSPS) is 11.8. The van der Waals surface area contributed by atoms with Crippen molar-refractivity contribution in [2.45, 2.75) is 71.6 Å². The van der Waals surface area contributed by atoms with E-state index in [4.69, 9.17) is 9.47 Å². The van der Waals surface area contributed by atoms with Crippen LogP contribution in [0.4, 0.5) is 0 Å². The van der Waals surface area contributed by atoms with Crippen LogP contribution in [-0.2, 0) is 19.7 Å². The lowest BCUT2D eigenvalue weighted by atomic mass is 9.76. The van der Waals surface area contributed by atoms with Crippen molar-refractivity contribution in [3.05, 3.63) is 35.9 Å².